The van der Waals surface area contributed by atoms with Gasteiger partial charge in [-0.1, -0.05) is 25.1 Å². The summed E-state index contributed by atoms with van der Waals surface area (Å²) in [5.74, 6) is 0. The highest BCUT2D eigenvalue weighted by atomic mass is 32.1. The predicted octanol–water partition coefficient (Wildman–Crippen LogP) is 4.49. The third-order valence-corrected chi connectivity index (χ3v) is 3.95. The van der Waals surface area contributed by atoms with Gasteiger partial charge in [0.1, 0.15) is 0 Å². The molecular weight excluding hydrogens is 266 g/mol. The molecule has 0 aliphatic rings. The summed E-state index contributed by atoms with van der Waals surface area (Å²) in [4.78, 5) is 9.27. The fourth-order valence-electron chi connectivity index (χ4n) is 2.23. The number of pyridine rings is 1. The van der Waals surface area contributed by atoms with Gasteiger partial charge in [-0.3, -0.25) is 4.98 Å². The first-order valence-electron chi connectivity index (χ1n) is 6.84. The number of aryl methyl sites for hydroxylation is 1. The van der Waals surface area contributed by atoms with Crippen LogP contribution in [0, 0.1) is 6.92 Å². The summed E-state index contributed by atoms with van der Waals surface area (Å²) in [6.07, 6.45) is 1.10. The summed E-state index contributed by atoms with van der Waals surface area (Å²) in [7, 11) is 0. The molecule has 0 unspecified atom stereocenters. The van der Waals surface area contributed by atoms with Gasteiger partial charge in [-0.25, -0.2) is 4.98 Å². The molecule has 0 aliphatic heterocycles. The highest BCUT2D eigenvalue weighted by Crippen LogP contribution is 2.30. The van der Waals surface area contributed by atoms with E-state index in [-0.39, 0.29) is 0 Å². The lowest BCUT2D eigenvalue weighted by Gasteiger charge is -2.05. The second-order valence-corrected chi connectivity index (χ2v) is 5.65. The normalized spacial score (nSPS) is 10.9. The number of nitrogens with one attached hydrogen (secondary N) is 1. The molecule has 4 heteroatoms. The molecule has 0 fully saturated rings. The fourth-order valence-corrected chi connectivity index (χ4v) is 2.97. The van der Waals surface area contributed by atoms with Gasteiger partial charge in [-0.15, -0.1) is 11.3 Å². The van der Waals surface area contributed by atoms with Gasteiger partial charge >= 0.3 is 0 Å². The minimum Gasteiger partial charge on any atom is -0.362 e. The van der Waals surface area contributed by atoms with Crippen LogP contribution in [0.3, 0.4) is 0 Å². The van der Waals surface area contributed by atoms with Gasteiger partial charge in [0.2, 0.25) is 0 Å². The molecule has 20 heavy (non-hydrogen) atoms. The number of fused-ring (bicyclic) bond motifs is 1. The summed E-state index contributed by atoms with van der Waals surface area (Å²) in [5.41, 5.74) is 4.23. The summed E-state index contributed by atoms with van der Waals surface area (Å²) in [6.45, 7) is 5.14. The van der Waals surface area contributed by atoms with E-state index in [1.165, 1.54) is 0 Å². The van der Waals surface area contributed by atoms with Crippen molar-refractivity contribution in [2.45, 2.75) is 20.3 Å². The molecule has 0 radical (unpaired) electrons. The molecule has 2 aromatic heterocycles. The van der Waals surface area contributed by atoms with E-state index in [4.69, 9.17) is 0 Å². The zero-order valence-corrected chi connectivity index (χ0v) is 12.5. The van der Waals surface area contributed by atoms with Crippen LogP contribution in [0.2, 0.25) is 0 Å². The van der Waals surface area contributed by atoms with E-state index >= 15 is 0 Å². The third kappa shape index (κ3) is 2.51. The fraction of sp³-hybridized carbons (Fsp3) is 0.250. The van der Waals surface area contributed by atoms with Crippen LogP contribution in [0.1, 0.15) is 19.0 Å². The highest BCUT2D eigenvalue weighted by Gasteiger charge is 2.09. The van der Waals surface area contributed by atoms with Crippen LogP contribution in [0.5, 0.6) is 0 Å². The molecule has 0 saturated carbocycles. The van der Waals surface area contributed by atoms with Crippen LogP contribution < -0.4 is 5.32 Å². The number of para-hydroxylation sites is 1. The lowest BCUT2D eigenvalue weighted by Crippen LogP contribution is -1.98. The van der Waals surface area contributed by atoms with E-state index in [1.54, 1.807) is 11.3 Å². The first kappa shape index (κ1) is 13.1. The zero-order valence-electron chi connectivity index (χ0n) is 11.7. The van der Waals surface area contributed by atoms with E-state index in [9.17, 15) is 0 Å². The Balaban J connectivity index is 2.07. The standard InChI is InChI=1S/C16H17N3S/c1-3-8-17-16-19-15(10-20-16)13-9-11(2)18-14-7-5-4-6-12(13)14/h4-7,9-10H,3,8H2,1-2H3,(H,17,19). The number of aromatic nitrogens is 2. The maximum atomic E-state index is 4.69. The average Bonchev–Trinajstić information content (AvgIpc) is 2.93. The van der Waals surface area contributed by atoms with E-state index in [2.05, 4.69) is 45.8 Å². The molecule has 3 nitrogen and oxygen atoms in total. The van der Waals surface area contributed by atoms with Crippen molar-refractivity contribution >= 4 is 27.4 Å². The van der Waals surface area contributed by atoms with Crippen LogP contribution in [0.25, 0.3) is 22.2 Å². The molecule has 0 spiro atoms. The van der Waals surface area contributed by atoms with E-state index in [1.807, 2.05) is 19.1 Å². The molecule has 2 heterocycles. The SMILES string of the molecule is CCCNc1nc(-c2cc(C)nc3ccccc23)cs1. The molecule has 3 aromatic rings. The van der Waals surface area contributed by atoms with Crippen molar-refractivity contribution in [1.29, 1.82) is 0 Å². The first-order valence-corrected chi connectivity index (χ1v) is 7.72. The van der Waals surface area contributed by atoms with Gasteiger partial charge in [-0.2, -0.15) is 0 Å². The Morgan fingerprint density at radius 1 is 1.20 bits per heavy atom. The smallest absolute Gasteiger partial charge is 0.183 e. The molecule has 0 aliphatic carbocycles. The first-order chi connectivity index (χ1) is 9.78. The molecule has 3 rings (SSSR count). The number of rotatable bonds is 4. The Morgan fingerprint density at radius 3 is 2.90 bits per heavy atom. The van der Waals surface area contributed by atoms with Gasteiger partial charge in [-0.05, 0) is 25.5 Å². The molecule has 0 atom stereocenters. The van der Waals surface area contributed by atoms with Crippen molar-refractivity contribution in [2.24, 2.45) is 0 Å². The zero-order chi connectivity index (χ0) is 13.9. The molecule has 0 saturated heterocycles. The number of nitrogens with zero attached hydrogens (tertiary/aromatic N) is 2. The van der Waals surface area contributed by atoms with Crippen molar-refractivity contribution in [3.05, 3.63) is 41.4 Å². The van der Waals surface area contributed by atoms with Gasteiger partial charge < -0.3 is 5.32 Å². The predicted molar refractivity (Wildman–Crippen MR) is 86.4 cm³/mol. The monoisotopic (exact) mass is 283 g/mol. The second kappa shape index (κ2) is 5.59. The Morgan fingerprint density at radius 2 is 2.05 bits per heavy atom. The summed E-state index contributed by atoms with van der Waals surface area (Å²) < 4.78 is 0. The number of thiazole rings is 1. The van der Waals surface area contributed by atoms with Crippen LogP contribution in [0.15, 0.2) is 35.7 Å². The molecule has 0 amide bonds. The highest BCUT2D eigenvalue weighted by molar-refractivity contribution is 7.14. The molecule has 1 aromatic carbocycles. The topological polar surface area (TPSA) is 37.8 Å². The van der Waals surface area contributed by atoms with Crippen molar-refractivity contribution in [3.63, 3.8) is 0 Å². The largest absolute Gasteiger partial charge is 0.362 e. The maximum absolute atomic E-state index is 4.69. The lowest BCUT2D eigenvalue weighted by atomic mass is 10.1. The quantitative estimate of drug-likeness (QED) is 0.766. The summed E-state index contributed by atoms with van der Waals surface area (Å²) in [5, 5.41) is 7.59. The van der Waals surface area contributed by atoms with Gasteiger partial charge in [0.25, 0.3) is 0 Å². The lowest BCUT2D eigenvalue weighted by molar-refractivity contribution is 0.976. The van der Waals surface area contributed by atoms with Gasteiger partial charge in [0.15, 0.2) is 5.13 Å². The second-order valence-electron chi connectivity index (χ2n) is 4.79. The van der Waals surface area contributed by atoms with Crippen LogP contribution >= 0.6 is 11.3 Å². The van der Waals surface area contributed by atoms with Gasteiger partial charge in [0, 0.05) is 28.6 Å². The van der Waals surface area contributed by atoms with E-state index in [0.29, 0.717) is 0 Å². The Kier molecular flexibility index (Phi) is 3.65. The Labute approximate surface area is 122 Å². The van der Waals surface area contributed by atoms with Gasteiger partial charge in [0.05, 0.1) is 11.2 Å². The van der Waals surface area contributed by atoms with E-state index in [0.717, 1.165) is 46.0 Å². The van der Waals surface area contributed by atoms with E-state index < -0.39 is 0 Å². The van der Waals surface area contributed by atoms with Crippen molar-refractivity contribution in [3.8, 4) is 11.3 Å². The van der Waals surface area contributed by atoms with Crippen molar-refractivity contribution < 1.29 is 0 Å². The average molecular weight is 283 g/mol. The number of anilines is 1. The summed E-state index contributed by atoms with van der Waals surface area (Å²) >= 11 is 1.66. The van der Waals surface area contributed by atoms with Crippen LogP contribution in [-0.4, -0.2) is 16.5 Å². The molecule has 102 valence electrons. The Hall–Kier alpha value is -1.94. The van der Waals surface area contributed by atoms with Crippen molar-refractivity contribution in [2.75, 3.05) is 11.9 Å². The molecular formula is C16H17N3S. The minimum absolute atomic E-state index is 0.961. The Bertz CT molecular complexity index is 733. The molecule has 1 N–H and O–H groups in total. The number of benzene rings is 1. The number of hydrogen-bond acceptors (Lipinski definition) is 4. The number of hydrogen-bond donors (Lipinski definition) is 1. The molecule has 0 bridgehead atoms. The maximum Gasteiger partial charge on any atom is 0.183 e. The minimum atomic E-state index is 0.961. The third-order valence-electron chi connectivity index (χ3n) is 3.15. The van der Waals surface area contributed by atoms with Crippen LogP contribution in [-0.2, 0) is 0 Å². The van der Waals surface area contributed by atoms with Crippen LogP contribution in [0.4, 0.5) is 5.13 Å². The van der Waals surface area contributed by atoms with Crippen molar-refractivity contribution in [1.82, 2.24) is 9.97 Å². The summed E-state index contributed by atoms with van der Waals surface area (Å²) in [6, 6.07) is 10.3.